The van der Waals surface area contributed by atoms with Crippen molar-refractivity contribution in [2.24, 2.45) is 0 Å². The molecule has 0 aliphatic carbocycles. The maximum absolute atomic E-state index is 11.7. The summed E-state index contributed by atoms with van der Waals surface area (Å²) < 4.78 is 5.05. The Morgan fingerprint density at radius 2 is 1.91 bits per heavy atom. The van der Waals surface area contributed by atoms with E-state index in [-0.39, 0.29) is 12.2 Å². The van der Waals surface area contributed by atoms with Crippen LogP contribution in [0.2, 0.25) is 0 Å². The van der Waals surface area contributed by atoms with Crippen LogP contribution in [0.5, 0.6) is 0 Å². The second-order valence-corrected chi connectivity index (χ2v) is 4.71. The van der Waals surface area contributed by atoms with Crippen LogP contribution in [0.15, 0.2) is 48.5 Å². The van der Waals surface area contributed by atoms with E-state index in [1.165, 1.54) is 6.07 Å². The van der Waals surface area contributed by atoms with E-state index >= 15 is 0 Å². The molecule has 0 radical (unpaired) electrons. The van der Waals surface area contributed by atoms with Crippen molar-refractivity contribution in [2.75, 3.05) is 5.32 Å². The van der Waals surface area contributed by atoms with Crippen LogP contribution in [0.1, 0.15) is 21.5 Å². The van der Waals surface area contributed by atoms with Crippen LogP contribution in [-0.2, 0) is 11.3 Å². The number of carbonyl (C=O) groups is 2. The minimum Gasteiger partial charge on any atom is -0.444 e. The highest BCUT2D eigenvalue weighted by molar-refractivity contribution is 6.67. The molecule has 0 heterocycles. The van der Waals surface area contributed by atoms with Gasteiger partial charge in [-0.05, 0) is 47.5 Å². The fraction of sp³-hybridized carbons (Fsp3) is 0.0625. The molecule has 2 aromatic rings. The van der Waals surface area contributed by atoms with E-state index in [1.807, 2.05) is 6.07 Å². The van der Waals surface area contributed by atoms with Crippen LogP contribution in [0.3, 0.4) is 0 Å². The first-order valence-electron chi connectivity index (χ1n) is 6.31. The third-order valence-electron chi connectivity index (χ3n) is 2.79. The molecule has 0 spiro atoms. The molecule has 0 saturated carbocycles. The topological polar surface area (TPSA) is 79.2 Å². The van der Waals surface area contributed by atoms with Crippen molar-refractivity contribution in [3.63, 3.8) is 0 Å². The first kappa shape index (κ1) is 15.5. The van der Waals surface area contributed by atoms with E-state index in [4.69, 9.17) is 21.6 Å². The Hall–Kier alpha value is -2.84. The summed E-state index contributed by atoms with van der Waals surface area (Å²) >= 11 is 5.37. The lowest BCUT2D eigenvalue weighted by Crippen LogP contribution is -2.13. The van der Waals surface area contributed by atoms with E-state index in [0.29, 0.717) is 11.3 Å². The fourth-order valence-corrected chi connectivity index (χ4v) is 1.82. The predicted octanol–water partition coefficient (Wildman–Crippen LogP) is 3.69. The number of carbonyl (C=O) groups excluding carboxylic acids is 2. The molecule has 0 atom stereocenters. The number of hydrogen-bond acceptors (Lipinski definition) is 4. The largest absolute Gasteiger partial charge is 0.444 e. The van der Waals surface area contributed by atoms with Gasteiger partial charge in [0.2, 0.25) is 0 Å². The zero-order valence-corrected chi connectivity index (χ0v) is 12.1. The quantitative estimate of drug-likeness (QED) is 0.873. The molecule has 0 fully saturated rings. The van der Waals surface area contributed by atoms with Gasteiger partial charge in [-0.25, -0.2) is 4.79 Å². The van der Waals surface area contributed by atoms with Gasteiger partial charge in [-0.1, -0.05) is 18.2 Å². The molecule has 22 heavy (non-hydrogen) atoms. The molecule has 5 nitrogen and oxygen atoms in total. The standard InChI is InChI=1S/C16H11ClN2O3/c17-15(20)13-2-1-3-14(8-13)19-16(21)22-10-12-6-4-11(9-18)5-7-12/h1-8H,10H2,(H,19,21). The molecular formula is C16H11ClN2O3. The molecule has 110 valence electrons. The van der Waals surface area contributed by atoms with E-state index < -0.39 is 11.3 Å². The first-order chi connectivity index (χ1) is 10.6. The van der Waals surface area contributed by atoms with Crippen LogP contribution >= 0.6 is 11.6 Å². The lowest BCUT2D eigenvalue weighted by molar-refractivity contribution is 0.108. The van der Waals surface area contributed by atoms with Crippen molar-refractivity contribution in [1.82, 2.24) is 0 Å². The third kappa shape index (κ3) is 4.33. The third-order valence-corrected chi connectivity index (χ3v) is 3.01. The Morgan fingerprint density at radius 1 is 1.18 bits per heavy atom. The van der Waals surface area contributed by atoms with Crippen LogP contribution in [-0.4, -0.2) is 11.3 Å². The molecule has 0 saturated heterocycles. The fourth-order valence-electron chi connectivity index (χ4n) is 1.70. The second-order valence-electron chi connectivity index (χ2n) is 4.36. The zero-order chi connectivity index (χ0) is 15.9. The number of nitrogens with zero attached hydrogens (tertiary/aromatic N) is 1. The monoisotopic (exact) mass is 314 g/mol. The number of benzene rings is 2. The summed E-state index contributed by atoms with van der Waals surface area (Å²) in [5.74, 6) is 0. The van der Waals surface area contributed by atoms with Crippen LogP contribution in [0, 0.1) is 11.3 Å². The Bertz CT molecular complexity index is 736. The number of rotatable bonds is 4. The van der Waals surface area contributed by atoms with Gasteiger partial charge in [0.05, 0.1) is 11.6 Å². The predicted molar refractivity (Wildman–Crippen MR) is 81.6 cm³/mol. The van der Waals surface area contributed by atoms with Crippen molar-refractivity contribution >= 4 is 28.6 Å². The summed E-state index contributed by atoms with van der Waals surface area (Å²) in [7, 11) is 0. The van der Waals surface area contributed by atoms with E-state index in [9.17, 15) is 9.59 Å². The van der Waals surface area contributed by atoms with Crippen molar-refractivity contribution in [3.8, 4) is 6.07 Å². The zero-order valence-electron chi connectivity index (χ0n) is 11.4. The highest BCUT2D eigenvalue weighted by atomic mass is 35.5. The second kappa shape index (κ2) is 7.25. The van der Waals surface area contributed by atoms with Gasteiger partial charge in [0.25, 0.3) is 5.24 Å². The van der Waals surface area contributed by atoms with Crippen molar-refractivity contribution in [3.05, 3.63) is 65.2 Å². The summed E-state index contributed by atoms with van der Waals surface area (Å²) in [6.07, 6.45) is -0.650. The van der Waals surface area contributed by atoms with Gasteiger partial charge in [-0.15, -0.1) is 0 Å². The average molecular weight is 315 g/mol. The number of ether oxygens (including phenoxy) is 1. The molecular weight excluding hydrogens is 304 g/mol. The van der Waals surface area contributed by atoms with Crippen LogP contribution in [0.25, 0.3) is 0 Å². The number of nitriles is 1. The number of amides is 1. The molecule has 0 bridgehead atoms. The molecule has 6 heteroatoms. The maximum atomic E-state index is 11.7. The summed E-state index contributed by atoms with van der Waals surface area (Å²) in [6.45, 7) is 0.0751. The Morgan fingerprint density at radius 3 is 2.55 bits per heavy atom. The lowest BCUT2D eigenvalue weighted by Gasteiger charge is -2.07. The summed E-state index contributed by atoms with van der Waals surface area (Å²) in [6, 6.07) is 14.9. The van der Waals surface area contributed by atoms with Gasteiger partial charge in [-0.3, -0.25) is 10.1 Å². The van der Waals surface area contributed by atoms with Gasteiger partial charge in [-0.2, -0.15) is 5.26 Å². The van der Waals surface area contributed by atoms with E-state index in [2.05, 4.69) is 5.32 Å². The van der Waals surface area contributed by atoms with Crippen molar-refractivity contribution in [2.45, 2.75) is 6.61 Å². The molecule has 0 aromatic heterocycles. The number of nitrogens with one attached hydrogen (secondary N) is 1. The molecule has 1 amide bonds. The van der Waals surface area contributed by atoms with Gasteiger partial charge in [0.15, 0.2) is 0 Å². The van der Waals surface area contributed by atoms with Gasteiger partial charge < -0.3 is 4.74 Å². The summed E-state index contributed by atoms with van der Waals surface area (Å²) in [5, 5.41) is 10.6. The van der Waals surface area contributed by atoms with E-state index in [0.717, 1.165) is 5.56 Å². The van der Waals surface area contributed by atoms with Gasteiger partial charge in [0, 0.05) is 11.3 Å². The number of anilines is 1. The molecule has 2 aromatic carbocycles. The minimum absolute atomic E-state index is 0.0751. The Kier molecular flexibility index (Phi) is 5.12. The van der Waals surface area contributed by atoms with Gasteiger partial charge >= 0.3 is 6.09 Å². The summed E-state index contributed by atoms with van der Waals surface area (Å²) in [4.78, 5) is 22.7. The Labute approximate surface area is 132 Å². The van der Waals surface area contributed by atoms with Crippen molar-refractivity contribution < 1.29 is 14.3 Å². The number of halogens is 1. The average Bonchev–Trinajstić information content (AvgIpc) is 2.53. The SMILES string of the molecule is N#Cc1ccc(COC(=O)Nc2cccc(C(=O)Cl)c2)cc1. The highest BCUT2D eigenvalue weighted by Crippen LogP contribution is 2.13. The van der Waals surface area contributed by atoms with Crippen LogP contribution < -0.4 is 5.32 Å². The summed E-state index contributed by atoms with van der Waals surface area (Å²) in [5.41, 5.74) is 2.00. The first-order valence-corrected chi connectivity index (χ1v) is 6.69. The molecule has 2 rings (SSSR count). The van der Waals surface area contributed by atoms with Crippen molar-refractivity contribution in [1.29, 1.82) is 5.26 Å². The molecule has 0 aliphatic rings. The molecule has 1 N–H and O–H groups in total. The smallest absolute Gasteiger partial charge is 0.411 e. The number of hydrogen-bond donors (Lipinski definition) is 1. The molecule has 0 unspecified atom stereocenters. The maximum Gasteiger partial charge on any atom is 0.411 e. The Balaban J connectivity index is 1.91. The molecule has 0 aliphatic heterocycles. The van der Waals surface area contributed by atoms with Crippen LogP contribution in [0.4, 0.5) is 10.5 Å². The highest BCUT2D eigenvalue weighted by Gasteiger charge is 2.07. The normalized spacial score (nSPS) is 9.64. The lowest BCUT2D eigenvalue weighted by atomic mass is 10.2. The van der Waals surface area contributed by atoms with E-state index in [1.54, 1.807) is 42.5 Å². The van der Waals surface area contributed by atoms with Gasteiger partial charge in [0.1, 0.15) is 6.61 Å². The minimum atomic E-state index is -0.650.